The number of carbonyl (C=O) groups excluding carboxylic acids is 1. The third-order valence-corrected chi connectivity index (χ3v) is 5.88. The van der Waals surface area contributed by atoms with Gasteiger partial charge in [0.05, 0.1) is 5.56 Å². The topological polar surface area (TPSA) is 86.1 Å². The van der Waals surface area contributed by atoms with Crippen molar-refractivity contribution in [3.05, 3.63) is 79.2 Å². The fourth-order valence-corrected chi connectivity index (χ4v) is 4.38. The van der Waals surface area contributed by atoms with Gasteiger partial charge in [-0.25, -0.2) is 4.98 Å². The van der Waals surface area contributed by atoms with Crippen LogP contribution in [0.3, 0.4) is 0 Å². The summed E-state index contributed by atoms with van der Waals surface area (Å²) in [5, 5.41) is 4.16. The lowest BCUT2D eigenvalue weighted by atomic mass is 10.1. The van der Waals surface area contributed by atoms with Crippen LogP contribution >= 0.6 is 34.2 Å². The first-order valence-electron chi connectivity index (χ1n) is 9.18. The average Bonchev–Trinajstić information content (AvgIpc) is 2.74. The molecular formula is C22H16ClIN4O3. The van der Waals surface area contributed by atoms with Gasteiger partial charge in [-0.3, -0.25) is 9.59 Å². The molecule has 31 heavy (non-hydrogen) atoms. The second kappa shape index (κ2) is 8.64. The summed E-state index contributed by atoms with van der Waals surface area (Å²) in [5.74, 6) is 0.273. The summed E-state index contributed by atoms with van der Waals surface area (Å²) in [7, 11) is 1.40. The van der Waals surface area contributed by atoms with Gasteiger partial charge in [0.1, 0.15) is 7.11 Å². The highest BCUT2D eigenvalue weighted by Gasteiger charge is 2.18. The monoisotopic (exact) mass is 546 g/mol. The molecule has 4 rings (SSSR count). The van der Waals surface area contributed by atoms with E-state index in [9.17, 15) is 9.59 Å². The van der Waals surface area contributed by atoms with Crippen LogP contribution in [0.15, 0.2) is 59.5 Å². The van der Waals surface area contributed by atoms with E-state index in [1.807, 2.05) is 12.1 Å². The Bertz CT molecular complexity index is 1350. The molecule has 0 fully saturated rings. The summed E-state index contributed by atoms with van der Waals surface area (Å²) in [4.78, 5) is 38.7. The first kappa shape index (κ1) is 21.3. The van der Waals surface area contributed by atoms with Crippen LogP contribution < -0.4 is 15.7 Å². The number of carbonyl (C=O) groups is 1. The number of rotatable bonds is 5. The lowest BCUT2D eigenvalue weighted by molar-refractivity contribution is 0.101. The van der Waals surface area contributed by atoms with Crippen molar-refractivity contribution in [3.8, 4) is 11.1 Å². The number of halogens is 2. The van der Waals surface area contributed by atoms with Crippen molar-refractivity contribution in [2.45, 2.75) is 6.92 Å². The Hall–Kier alpha value is -2.98. The average molecular weight is 547 g/mol. The summed E-state index contributed by atoms with van der Waals surface area (Å²) < 4.78 is 1.97. The van der Waals surface area contributed by atoms with Crippen LogP contribution in [0.25, 0.3) is 22.2 Å². The molecule has 1 N–H and O–H groups in total. The van der Waals surface area contributed by atoms with Crippen LogP contribution in [0.4, 0.5) is 11.6 Å². The second-order valence-corrected chi connectivity index (χ2v) is 8.24. The first-order chi connectivity index (χ1) is 14.9. The van der Waals surface area contributed by atoms with Gasteiger partial charge in [-0.2, -0.15) is 4.98 Å². The molecule has 2 heterocycles. The summed E-state index contributed by atoms with van der Waals surface area (Å²) in [6.45, 7) is 1.51. The Balaban J connectivity index is 1.80. The number of pyridine rings is 1. The van der Waals surface area contributed by atoms with Gasteiger partial charge >= 0.3 is 0 Å². The summed E-state index contributed by atoms with van der Waals surface area (Å²) >= 11 is 8.51. The van der Waals surface area contributed by atoms with Gasteiger partial charge in [0.25, 0.3) is 5.56 Å². The van der Waals surface area contributed by atoms with E-state index < -0.39 is 0 Å². The molecule has 2 aromatic carbocycles. The third kappa shape index (κ3) is 4.13. The molecule has 0 aliphatic heterocycles. The molecule has 0 amide bonds. The zero-order chi connectivity index (χ0) is 22.1. The highest BCUT2D eigenvalue weighted by molar-refractivity contribution is 14.1. The highest BCUT2D eigenvalue weighted by Crippen LogP contribution is 2.31. The molecule has 0 bridgehead atoms. The molecule has 0 aliphatic carbocycles. The number of anilines is 2. The predicted molar refractivity (Wildman–Crippen MR) is 129 cm³/mol. The van der Waals surface area contributed by atoms with Crippen LogP contribution in [0.5, 0.6) is 0 Å². The quantitative estimate of drug-likeness (QED) is 0.288. The van der Waals surface area contributed by atoms with Crippen LogP contribution in [0, 0.1) is 3.57 Å². The molecule has 2 aromatic heterocycles. The van der Waals surface area contributed by atoms with E-state index in [0.29, 0.717) is 38.4 Å². The SMILES string of the molecule is COn1c(=O)c(-c2c(Cl)cccc2I)cc2cnc(Nc3ccc(C(C)=O)cc3)nc21. The minimum Gasteiger partial charge on any atom is -0.412 e. The zero-order valence-electron chi connectivity index (χ0n) is 16.5. The van der Waals surface area contributed by atoms with E-state index in [1.165, 1.54) is 14.0 Å². The van der Waals surface area contributed by atoms with E-state index >= 15 is 0 Å². The van der Waals surface area contributed by atoms with Crippen LogP contribution in [0.1, 0.15) is 17.3 Å². The Morgan fingerprint density at radius 2 is 1.94 bits per heavy atom. The number of nitrogens with one attached hydrogen (secondary N) is 1. The van der Waals surface area contributed by atoms with Gasteiger partial charge in [0.2, 0.25) is 5.95 Å². The molecule has 0 radical (unpaired) electrons. The van der Waals surface area contributed by atoms with Crippen molar-refractivity contribution in [2.24, 2.45) is 0 Å². The van der Waals surface area contributed by atoms with Crippen molar-refractivity contribution in [1.29, 1.82) is 0 Å². The smallest absolute Gasteiger partial charge is 0.293 e. The van der Waals surface area contributed by atoms with Crippen molar-refractivity contribution >= 4 is 62.6 Å². The molecule has 0 aliphatic rings. The molecule has 0 atom stereocenters. The molecule has 0 saturated heterocycles. The van der Waals surface area contributed by atoms with E-state index in [0.717, 1.165) is 8.30 Å². The van der Waals surface area contributed by atoms with Crippen molar-refractivity contribution in [2.75, 3.05) is 12.4 Å². The Morgan fingerprint density at radius 1 is 1.19 bits per heavy atom. The number of hydrogen-bond acceptors (Lipinski definition) is 6. The number of fused-ring (bicyclic) bond motifs is 1. The maximum atomic E-state index is 13.2. The minimum absolute atomic E-state index is 0.0124. The first-order valence-corrected chi connectivity index (χ1v) is 10.6. The zero-order valence-corrected chi connectivity index (χ0v) is 19.4. The highest BCUT2D eigenvalue weighted by atomic mass is 127. The number of benzene rings is 2. The standard InChI is InChI=1S/C22H16ClIN4O3/c1-12(29)13-6-8-15(9-7-13)26-22-25-11-14-10-16(19-17(23)4-3-5-18(19)24)21(30)28(31-2)20(14)27-22/h3-11H,1-2H3,(H,25,26,27). The second-order valence-electron chi connectivity index (χ2n) is 6.67. The van der Waals surface area contributed by atoms with E-state index in [1.54, 1.807) is 42.6 Å². The van der Waals surface area contributed by atoms with Gasteiger partial charge < -0.3 is 10.2 Å². The number of Topliss-reactive ketones (excluding diaryl/α,β-unsaturated/α-hetero) is 1. The van der Waals surface area contributed by atoms with Crippen molar-refractivity contribution < 1.29 is 9.63 Å². The normalized spacial score (nSPS) is 10.8. The molecule has 0 spiro atoms. The summed E-state index contributed by atoms with van der Waals surface area (Å²) in [6.07, 6.45) is 1.61. The van der Waals surface area contributed by atoms with E-state index in [4.69, 9.17) is 16.4 Å². The lowest BCUT2D eigenvalue weighted by Crippen LogP contribution is -2.27. The Kier molecular flexibility index (Phi) is 5.92. The fourth-order valence-electron chi connectivity index (χ4n) is 3.15. The molecular weight excluding hydrogens is 531 g/mol. The Morgan fingerprint density at radius 3 is 2.58 bits per heavy atom. The van der Waals surface area contributed by atoms with E-state index in [-0.39, 0.29) is 17.3 Å². The van der Waals surface area contributed by atoms with Crippen LogP contribution in [-0.2, 0) is 0 Å². The molecule has 4 aromatic rings. The van der Waals surface area contributed by atoms with Crippen LogP contribution in [0.2, 0.25) is 5.02 Å². The maximum absolute atomic E-state index is 13.2. The van der Waals surface area contributed by atoms with Gasteiger partial charge in [-0.05, 0) is 72.0 Å². The predicted octanol–water partition coefficient (Wildman–Crippen LogP) is 4.72. The third-order valence-electron chi connectivity index (χ3n) is 4.67. The van der Waals surface area contributed by atoms with Gasteiger partial charge in [0.15, 0.2) is 11.4 Å². The summed E-state index contributed by atoms with van der Waals surface area (Å²) in [5.41, 5.74) is 2.29. The Labute approximate surface area is 196 Å². The van der Waals surface area contributed by atoms with Crippen molar-refractivity contribution in [3.63, 3.8) is 0 Å². The number of aromatic nitrogens is 3. The fraction of sp³-hybridized carbons (Fsp3) is 0.0909. The van der Waals surface area contributed by atoms with Gasteiger partial charge in [0, 0.05) is 37.0 Å². The van der Waals surface area contributed by atoms with Gasteiger partial charge in [-0.15, -0.1) is 4.73 Å². The van der Waals surface area contributed by atoms with Crippen molar-refractivity contribution in [1.82, 2.24) is 14.7 Å². The minimum atomic E-state index is -0.378. The maximum Gasteiger partial charge on any atom is 0.293 e. The van der Waals surface area contributed by atoms with Gasteiger partial charge in [-0.1, -0.05) is 17.7 Å². The lowest BCUT2D eigenvalue weighted by Gasteiger charge is -2.13. The number of ketones is 1. The number of nitrogens with zero attached hydrogens (tertiary/aromatic N) is 3. The molecule has 0 unspecified atom stereocenters. The van der Waals surface area contributed by atoms with E-state index in [2.05, 4.69) is 37.9 Å². The van der Waals surface area contributed by atoms with Crippen LogP contribution in [-0.4, -0.2) is 27.6 Å². The molecule has 0 saturated carbocycles. The largest absolute Gasteiger partial charge is 0.412 e. The summed E-state index contributed by atoms with van der Waals surface area (Å²) in [6, 6.07) is 14.1. The molecule has 156 valence electrons. The number of hydrogen-bond donors (Lipinski definition) is 1. The molecule has 9 heteroatoms. The molecule has 7 nitrogen and oxygen atoms in total.